The van der Waals surface area contributed by atoms with Gasteiger partial charge in [-0.1, -0.05) is 6.92 Å². The van der Waals surface area contributed by atoms with Gasteiger partial charge in [0.25, 0.3) is 5.91 Å². The number of aromatic nitrogens is 2. The number of carbonyl (C=O) groups excluding carboxylic acids is 2. The monoisotopic (exact) mass is 361 g/mol. The summed E-state index contributed by atoms with van der Waals surface area (Å²) in [5.41, 5.74) is 3.52. The van der Waals surface area contributed by atoms with Crippen LogP contribution in [-0.4, -0.2) is 28.3 Å². The van der Waals surface area contributed by atoms with Gasteiger partial charge in [0.05, 0.1) is 17.1 Å². The standard InChI is InChI=1S/C18H23N3O3S/c1-10-5-6-14-13(7-10)8-15(25-14)18(23)24-9-16(22)19-17-11(2)20-21(4)12(17)3/h8,10H,5-7,9H2,1-4H3,(H,19,22)/t10-/m1/s1. The number of nitrogens with one attached hydrogen (secondary N) is 1. The number of thiophene rings is 1. The fourth-order valence-corrected chi connectivity index (χ4v) is 4.24. The highest BCUT2D eigenvalue weighted by Crippen LogP contribution is 2.32. The molecular weight excluding hydrogens is 338 g/mol. The van der Waals surface area contributed by atoms with Crippen LogP contribution in [0.5, 0.6) is 0 Å². The van der Waals surface area contributed by atoms with Crippen LogP contribution in [0.15, 0.2) is 6.07 Å². The summed E-state index contributed by atoms with van der Waals surface area (Å²) in [5, 5.41) is 7.01. The van der Waals surface area contributed by atoms with Gasteiger partial charge < -0.3 is 10.1 Å². The van der Waals surface area contributed by atoms with Crippen LogP contribution >= 0.6 is 11.3 Å². The minimum absolute atomic E-state index is 0.300. The highest BCUT2D eigenvalue weighted by molar-refractivity contribution is 7.14. The van der Waals surface area contributed by atoms with Crippen molar-refractivity contribution in [2.75, 3.05) is 11.9 Å². The summed E-state index contributed by atoms with van der Waals surface area (Å²) >= 11 is 1.49. The number of rotatable bonds is 4. The Labute approximate surface area is 151 Å². The lowest BCUT2D eigenvalue weighted by Crippen LogP contribution is -2.21. The average molecular weight is 361 g/mol. The number of anilines is 1. The molecule has 1 aliphatic carbocycles. The molecule has 2 aromatic rings. The lowest BCUT2D eigenvalue weighted by Gasteiger charge is -2.16. The van der Waals surface area contributed by atoms with Crippen molar-refractivity contribution in [2.45, 2.75) is 40.0 Å². The van der Waals surface area contributed by atoms with E-state index >= 15 is 0 Å². The predicted octanol–water partition coefficient (Wildman–Crippen LogP) is 3.02. The van der Waals surface area contributed by atoms with Crippen molar-refractivity contribution >= 4 is 28.9 Å². The van der Waals surface area contributed by atoms with Crippen molar-refractivity contribution in [3.63, 3.8) is 0 Å². The highest BCUT2D eigenvalue weighted by atomic mass is 32.1. The van der Waals surface area contributed by atoms with Gasteiger partial charge in [0.2, 0.25) is 0 Å². The van der Waals surface area contributed by atoms with Crippen molar-refractivity contribution in [3.05, 3.63) is 32.8 Å². The van der Waals surface area contributed by atoms with E-state index in [1.165, 1.54) is 21.8 Å². The third kappa shape index (κ3) is 3.76. The van der Waals surface area contributed by atoms with Crippen LogP contribution in [0.2, 0.25) is 0 Å². The van der Waals surface area contributed by atoms with E-state index in [0.717, 1.165) is 30.7 Å². The normalized spacial score (nSPS) is 16.4. The van der Waals surface area contributed by atoms with Crippen molar-refractivity contribution < 1.29 is 14.3 Å². The fourth-order valence-electron chi connectivity index (χ4n) is 3.14. The van der Waals surface area contributed by atoms with Gasteiger partial charge in [-0.3, -0.25) is 9.48 Å². The molecule has 7 heteroatoms. The Morgan fingerprint density at radius 1 is 1.44 bits per heavy atom. The van der Waals surface area contributed by atoms with Crippen molar-refractivity contribution in [3.8, 4) is 0 Å². The third-order valence-corrected chi connectivity index (χ3v) is 5.86. The molecule has 134 valence electrons. The lowest BCUT2D eigenvalue weighted by molar-refractivity contribution is -0.119. The van der Waals surface area contributed by atoms with E-state index in [1.807, 2.05) is 27.0 Å². The minimum Gasteiger partial charge on any atom is -0.451 e. The largest absolute Gasteiger partial charge is 0.451 e. The van der Waals surface area contributed by atoms with Gasteiger partial charge in [0, 0.05) is 11.9 Å². The zero-order valence-corrected chi connectivity index (χ0v) is 15.8. The second-order valence-electron chi connectivity index (χ2n) is 6.70. The molecule has 0 fully saturated rings. The molecule has 6 nitrogen and oxygen atoms in total. The molecule has 1 atom stereocenters. The molecule has 0 aliphatic heterocycles. The van der Waals surface area contributed by atoms with E-state index in [4.69, 9.17) is 4.74 Å². The van der Waals surface area contributed by atoms with Crippen LogP contribution in [0.3, 0.4) is 0 Å². The first-order valence-corrected chi connectivity index (χ1v) is 9.25. The molecule has 2 aromatic heterocycles. The Hall–Kier alpha value is -2.15. The van der Waals surface area contributed by atoms with Crippen molar-refractivity contribution in [1.82, 2.24) is 9.78 Å². The molecular formula is C18H23N3O3S. The van der Waals surface area contributed by atoms with Gasteiger partial charge in [-0.25, -0.2) is 4.79 Å². The first-order chi connectivity index (χ1) is 11.8. The average Bonchev–Trinajstić information content (AvgIpc) is 3.08. The smallest absolute Gasteiger partial charge is 0.348 e. The van der Waals surface area contributed by atoms with Gasteiger partial charge >= 0.3 is 5.97 Å². The minimum atomic E-state index is -0.429. The zero-order valence-electron chi connectivity index (χ0n) is 15.0. The van der Waals surface area contributed by atoms with E-state index in [9.17, 15) is 9.59 Å². The van der Waals surface area contributed by atoms with Gasteiger partial charge in [0.1, 0.15) is 4.88 Å². The highest BCUT2D eigenvalue weighted by Gasteiger charge is 2.22. The quantitative estimate of drug-likeness (QED) is 0.850. The Morgan fingerprint density at radius 2 is 2.20 bits per heavy atom. The van der Waals surface area contributed by atoms with Crippen LogP contribution in [0, 0.1) is 19.8 Å². The fraction of sp³-hybridized carbons (Fsp3) is 0.500. The molecule has 0 spiro atoms. The van der Waals surface area contributed by atoms with Crippen LogP contribution in [-0.2, 0) is 29.4 Å². The molecule has 2 heterocycles. The van der Waals surface area contributed by atoms with Gasteiger partial charge in [-0.15, -0.1) is 11.3 Å². The predicted molar refractivity (Wildman–Crippen MR) is 97.1 cm³/mol. The third-order valence-electron chi connectivity index (χ3n) is 4.64. The summed E-state index contributed by atoms with van der Waals surface area (Å²) in [6, 6.07) is 1.92. The Morgan fingerprint density at radius 3 is 2.88 bits per heavy atom. The number of carbonyl (C=O) groups is 2. The summed E-state index contributed by atoms with van der Waals surface area (Å²) in [6.07, 6.45) is 3.20. The Balaban J connectivity index is 1.58. The SMILES string of the molecule is Cc1nn(C)c(C)c1NC(=O)COC(=O)c1cc2c(s1)CC[C@@H](C)C2. The maximum atomic E-state index is 12.2. The summed E-state index contributed by atoms with van der Waals surface area (Å²) in [5.74, 6) is -0.132. The first kappa shape index (κ1) is 17.7. The number of hydrogen-bond donors (Lipinski definition) is 1. The molecule has 1 amide bonds. The second kappa shape index (κ2) is 7.00. The van der Waals surface area contributed by atoms with Crippen LogP contribution < -0.4 is 5.32 Å². The molecule has 0 saturated carbocycles. The van der Waals surface area contributed by atoms with Crippen LogP contribution in [0.4, 0.5) is 5.69 Å². The number of hydrogen-bond acceptors (Lipinski definition) is 5. The van der Waals surface area contributed by atoms with E-state index < -0.39 is 5.97 Å². The number of esters is 1. The number of amides is 1. The molecule has 0 bridgehead atoms. The molecule has 1 aliphatic rings. The van der Waals surface area contributed by atoms with E-state index in [2.05, 4.69) is 17.3 Å². The van der Waals surface area contributed by atoms with Crippen molar-refractivity contribution in [1.29, 1.82) is 0 Å². The summed E-state index contributed by atoms with van der Waals surface area (Å²) in [6.45, 7) is 5.63. The molecule has 0 radical (unpaired) electrons. The molecule has 1 N–H and O–H groups in total. The topological polar surface area (TPSA) is 73.2 Å². The van der Waals surface area contributed by atoms with E-state index in [-0.39, 0.29) is 12.5 Å². The number of aryl methyl sites for hydroxylation is 3. The zero-order chi connectivity index (χ0) is 18.1. The molecule has 0 aromatic carbocycles. The summed E-state index contributed by atoms with van der Waals surface area (Å²) < 4.78 is 6.89. The second-order valence-corrected chi connectivity index (χ2v) is 7.84. The molecule has 0 unspecified atom stereocenters. The van der Waals surface area contributed by atoms with Gasteiger partial charge in [0.15, 0.2) is 6.61 Å². The summed E-state index contributed by atoms with van der Waals surface area (Å²) in [4.78, 5) is 26.2. The maximum absolute atomic E-state index is 12.2. The van der Waals surface area contributed by atoms with Gasteiger partial charge in [-0.2, -0.15) is 5.10 Å². The van der Waals surface area contributed by atoms with E-state index in [1.54, 1.807) is 4.68 Å². The van der Waals surface area contributed by atoms with E-state index in [0.29, 0.717) is 16.5 Å². The van der Waals surface area contributed by atoms with Crippen LogP contribution in [0.25, 0.3) is 0 Å². The molecule has 0 saturated heterocycles. The number of ether oxygens (including phenoxy) is 1. The first-order valence-electron chi connectivity index (χ1n) is 8.44. The molecule has 25 heavy (non-hydrogen) atoms. The number of nitrogens with zero attached hydrogens (tertiary/aromatic N) is 2. The summed E-state index contributed by atoms with van der Waals surface area (Å²) in [7, 11) is 1.82. The van der Waals surface area contributed by atoms with Crippen LogP contribution in [0.1, 0.15) is 44.8 Å². The number of fused-ring (bicyclic) bond motifs is 1. The molecule has 3 rings (SSSR count). The lowest BCUT2D eigenvalue weighted by atomic mass is 9.90. The maximum Gasteiger partial charge on any atom is 0.348 e. The van der Waals surface area contributed by atoms with Crippen molar-refractivity contribution in [2.24, 2.45) is 13.0 Å². The Bertz CT molecular complexity index is 822. The van der Waals surface area contributed by atoms with Gasteiger partial charge in [-0.05, 0) is 50.7 Å². The Kier molecular flexibility index (Phi) is 4.94.